The number of anilines is 2. The fraction of sp³-hybridized carbons (Fsp3) is 0.556. The Balaban J connectivity index is 1.73. The second-order valence-corrected chi connectivity index (χ2v) is 6.34. The third kappa shape index (κ3) is 3.49. The number of ether oxygens (including phenoxy) is 1. The fourth-order valence-electron chi connectivity index (χ4n) is 3.36. The summed E-state index contributed by atoms with van der Waals surface area (Å²) >= 11 is 0. The molecule has 5 nitrogen and oxygen atoms in total. The number of benzene rings is 1. The summed E-state index contributed by atoms with van der Waals surface area (Å²) in [5.74, 6) is 0.874. The molecule has 1 aromatic carbocycles. The zero-order chi connectivity index (χ0) is 16.2. The van der Waals surface area contributed by atoms with E-state index >= 15 is 0 Å². The van der Waals surface area contributed by atoms with Crippen molar-refractivity contribution in [2.45, 2.75) is 45.4 Å². The molecular formula is C18H24N2O3. The van der Waals surface area contributed by atoms with E-state index in [1.165, 1.54) is 6.42 Å². The van der Waals surface area contributed by atoms with Crippen LogP contribution in [0, 0.1) is 5.92 Å². The third-order valence-electron chi connectivity index (χ3n) is 4.59. The Morgan fingerprint density at radius 1 is 1.30 bits per heavy atom. The van der Waals surface area contributed by atoms with E-state index in [1.54, 1.807) is 4.90 Å². The Morgan fingerprint density at radius 3 is 2.83 bits per heavy atom. The molecule has 5 heteroatoms. The third-order valence-corrected chi connectivity index (χ3v) is 4.59. The number of hydrogen-bond acceptors (Lipinski definition) is 3. The maximum absolute atomic E-state index is 12.3. The molecule has 1 fully saturated rings. The van der Waals surface area contributed by atoms with Gasteiger partial charge in [0.25, 0.3) is 5.91 Å². The van der Waals surface area contributed by atoms with E-state index < -0.39 is 0 Å². The van der Waals surface area contributed by atoms with E-state index in [2.05, 4.69) is 5.32 Å². The smallest absolute Gasteiger partial charge is 0.265 e. The van der Waals surface area contributed by atoms with Crippen LogP contribution in [-0.2, 0) is 9.59 Å². The minimum atomic E-state index is -0.0154. The normalized spacial score (nSPS) is 18.3. The number of carbonyl (C=O) groups excluding carboxylic acids is 2. The van der Waals surface area contributed by atoms with Crippen molar-refractivity contribution in [1.82, 2.24) is 0 Å². The molecule has 0 radical (unpaired) electrons. The molecule has 2 aliphatic rings. The fourth-order valence-corrected chi connectivity index (χ4v) is 3.36. The summed E-state index contributed by atoms with van der Waals surface area (Å²) < 4.78 is 5.54. The first-order chi connectivity index (χ1) is 11.2. The standard InChI is InChI=1S/C18H24N2O3/c1-2-10-20-15-9-8-14(11-16(15)23-12-17(20)21)19-18(22)13-6-4-3-5-7-13/h8-9,11,13H,2-7,10,12H2,1H3,(H,19,22). The highest BCUT2D eigenvalue weighted by molar-refractivity contribution is 5.99. The van der Waals surface area contributed by atoms with Gasteiger partial charge in [0, 0.05) is 24.2 Å². The second kappa shape index (κ2) is 7.02. The lowest BCUT2D eigenvalue weighted by Crippen LogP contribution is -2.39. The molecule has 1 aromatic rings. The number of amides is 2. The van der Waals surface area contributed by atoms with Crippen LogP contribution in [0.5, 0.6) is 5.75 Å². The number of hydrogen-bond donors (Lipinski definition) is 1. The molecule has 1 saturated carbocycles. The summed E-state index contributed by atoms with van der Waals surface area (Å²) in [4.78, 5) is 26.0. The molecule has 3 rings (SSSR count). The summed E-state index contributed by atoms with van der Waals surface area (Å²) in [6, 6.07) is 5.54. The van der Waals surface area contributed by atoms with Crippen LogP contribution in [0.2, 0.25) is 0 Å². The van der Waals surface area contributed by atoms with Crippen LogP contribution >= 0.6 is 0 Å². The molecule has 1 aliphatic carbocycles. The van der Waals surface area contributed by atoms with Gasteiger partial charge in [-0.15, -0.1) is 0 Å². The van der Waals surface area contributed by atoms with E-state index in [9.17, 15) is 9.59 Å². The molecule has 0 spiro atoms. The lowest BCUT2D eigenvalue weighted by Gasteiger charge is -2.29. The molecule has 1 heterocycles. The molecule has 0 unspecified atom stereocenters. The van der Waals surface area contributed by atoms with Gasteiger partial charge in [-0.3, -0.25) is 9.59 Å². The number of nitrogens with zero attached hydrogens (tertiary/aromatic N) is 1. The molecule has 1 aliphatic heterocycles. The first-order valence-corrected chi connectivity index (χ1v) is 8.57. The van der Waals surface area contributed by atoms with Crippen LogP contribution in [0.25, 0.3) is 0 Å². The molecule has 0 atom stereocenters. The average Bonchev–Trinajstić information content (AvgIpc) is 2.58. The zero-order valence-corrected chi connectivity index (χ0v) is 13.6. The Kier molecular flexibility index (Phi) is 4.84. The van der Waals surface area contributed by atoms with Gasteiger partial charge in [0.1, 0.15) is 5.75 Å². The van der Waals surface area contributed by atoms with E-state index in [0.29, 0.717) is 12.3 Å². The van der Waals surface area contributed by atoms with Crippen LogP contribution < -0.4 is 15.0 Å². The molecule has 23 heavy (non-hydrogen) atoms. The highest BCUT2D eigenvalue weighted by atomic mass is 16.5. The minimum absolute atomic E-state index is 0.0154. The minimum Gasteiger partial charge on any atom is -0.481 e. The highest BCUT2D eigenvalue weighted by Crippen LogP contribution is 2.35. The predicted octanol–water partition coefficient (Wildman–Crippen LogP) is 3.34. The molecule has 0 saturated heterocycles. The van der Waals surface area contributed by atoms with Crippen LogP contribution in [0.15, 0.2) is 18.2 Å². The Hall–Kier alpha value is -2.04. The molecular weight excluding hydrogens is 292 g/mol. The van der Waals surface area contributed by atoms with Gasteiger partial charge in [0.05, 0.1) is 5.69 Å². The van der Waals surface area contributed by atoms with Crippen molar-refractivity contribution in [3.8, 4) is 5.75 Å². The maximum atomic E-state index is 12.3. The van der Waals surface area contributed by atoms with Crippen LogP contribution in [0.4, 0.5) is 11.4 Å². The van der Waals surface area contributed by atoms with Crippen molar-refractivity contribution in [1.29, 1.82) is 0 Å². The SMILES string of the molecule is CCCN1C(=O)COc2cc(NC(=O)C3CCCCC3)ccc21. The van der Waals surface area contributed by atoms with E-state index in [-0.39, 0.29) is 24.3 Å². The molecule has 0 aromatic heterocycles. The summed E-state index contributed by atoms with van der Waals surface area (Å²) in [6.45, 7) is 2.79. The topological polar surface area (TPSA) is 58.6 Å². The van der Waals surface area contributed by atoms with Crippen molar-refractivity contribution in [2.24, 2.45) is 5.92 Å². The van der Waals surface area contributed by atoms with Gasteiger partial charge < -0.3 is 15.0 Å². The van der Waals surface area contributed by atoms with Crippen molar-refractivity contribution < 1.29 is 14.3 Å². The quantitative estimate of drug-likeness (QED) is 0.927. The number of rotatable bonds is 4. The second-order valence-electron chi connectivity index (χ2n) is 6.34. The first-order valence-electron chi connectivity index (χ1n) is 8.57. The van der Waals surface area contributed by atoms with Gasteiger partial charge in [-0.2, -0.15) is 0 Å². The van der Waals surface area contributed by atoms with Gasteiger partial charge in [-0.25, -0.2) is 0 Å². The van der Waals surface area contributed by atoms with E-state index in [1.807, 2.05) is 25.1 Å². The average molecular weight is 316 g/mol. The highest BCUT2D eigenvalue weighted by Gasteiger charge is 2.26. The largest absolute Gasteiger partial charge is 0.481 e. The molecule has 1 N–H and O–H groups in total. The predicted molar refractivity (Wildman–Crippen MR) is 89.8 cm³/mol. The Labute approximate surface area is 137 Å². The van der Waals surface area contributed by atoms with Crippen molar-refractivity contribution >= 4 is 23.2 Å². The Morgan fingerprint density at radius 2 is 2.09 bits per heavy atom. The molecule has 2 amide bonds. The Bertz CT molecular complexity index is 594. The summed E-state index contributed by atoms with van der Waals surface area (Å²) in [5, 5.41) is 3.00. The van der Waals surface area contributed by atoms with E-state index in [0.717, 1.165) is 43.5 Å². The van der Waals surface area contributed by atoms with E-state index in [4.69, 9.17) is 4.74 Å². The van der Waals surface area contributed by atoms with Gasteiger partial charge in [-0.1, -0.05) is 26.2 Å². The van der Waals surface area contributed by atoms with Gasteiger partial charge in [-0.05, 0) is 31.4 Å². The number of fused-ring (bicyclic) bond motifs is 1. The number of nitrogens with one attached hydrogen (secondary N) is 1. The van der Waals surface area contributed by atoms with Gasteiger partial charge >= 0.3 is 0 Å². The summed E-state index contributed by atoms with van der Waals surface area (Å²) in [6.07, 6.45) is 6.36. The first kappa shape index (κ1) is 15.8. The van der Waals surface area contributed by atoms with Crippen LogP contribution in [-0.4, -0.2) is 25.0 Å². The lowest BCUT2D eigenvalue weighted by atomic mass is 9.88. The monoisotopic (exact) mass is 316 g/mol. The summed E-state index contributed by atoms with van der Waals surface area (Å²) in [7, 11) is 0. The van der Waals surface area contributed by atoms with Crippen molar-refractivity contribution in [2.75, 3.05) is 23.4 Å². The van der Waals surface area contributed by atoms with Crippen molar-refractivity contribution in [3.63, 3.8) is 0 Å². The van der Waals surface area contributed by atoms with Crippen LogP contribution in [0.3, 0.4) is 0 Å². The number of carbonyl (C=O) groups is 2. The maximum Gasteiger partial charge on any atom is 0.265 e. The lowest BCUT2D eigenvalue weighted by molar-refractivity contribution is -0.121. The van der Waals surface area contributed by atoms with Crippen molar-refractivity contribution in [3.05, 3.63) is 18.2 Å². The van der Waals surface area contributed by atoms with Gasteiger partial charge in [0.2, 0.25) is 5.91 Å². The molecule has 0 bridgehead atoms. The zero-order valence-electron chi connectivity index (χ0n) is 13.6. The van der Waals surface area contributed by atoms with Crippen LogP contribution in [0.1, 0.15) is 45.4 Å². The van der Waals surface area contributed by atoms with Gasteiger partial charge in [0.15, 0.2) is 6.61 Å². The summed E-state index contributed by atoms with van der Waals surface area (Å²) in [5.41, 5.74) is 1.53. The molecule has 124 valence electrons.